The molecular weight excluding hydrogens is 212 g/mol. The summed E-state index contributed by atoms with van der Waals surface area (Å²) < 4.78 is 5.24. The van der Waals surface area contributed by atoms with Crippen molar-refractivity contribution in [3.05, 3.63) is 29.8 Å². The molecule has 0 bridgehead atoms. The van der Waals surface area contributed by atoms with E-state index in [1.807, 2.05) is 0 Å². The van der Waals surface area contributed by atoms with E-state index in [4.69, 9.17) is 10.6 Å². The number of benzene rings is 1. The van der Waals surface area contributed by atoms with E-state index in [-0.39, 0.29) is 13.0 Å². The van der Waals surface area contributed by atoms with Crippen LogP contribution in [0.1, 0.15) is 16.8 Å². The van der Waals surface area contributed by atoms with Gasteiger partial charge in [0.2, 0.25) is 0 Å². The van der Waals surface area contributed by atoms with Crippen LogP contribution >= 0.6 is 0 Å². The van der Waals surface area contributed by atoms with E-state index in [0.29, 0.717) is 11.3 Å². The summed E-state index contributed by atoms with van der Waals surface area (Å²) in [5.74, 6) is 4.78. The third kappa shape index (κ3) is 4.07. The minimum Gasteiger partial charge on any atom is -0.493 e. The molecule has 0 aromatic heterocycles. The van der Waals surface area contributed by atoms with Gasteiger partial charge >= 0.3 is 5.97 Å². The van der Waals surface area contributed by atoms with Crippen molar-refractivity contribution in [2.75, 3.05) is 6.61 Å². The molecule has 0 amide bonds. The zero-order valence-electron chi connectivity index (χ0n) is 8.51. The first kappa shape index (κ1) is 12.2. The molecular formula is C10H12N2O4. The van der Waals surface area contributed by atoms with Crippen LogP contribution in [-0.2, 0) is 9.63 Å². The van der Waals surface area contributed by atoms with Gasteiger partial charge in [0.1, 0.15) is 12.0 Å². The lowest BCUT2D eigenvalue weighted by Gasteiger charge is -2.05. The lowest BCUT2D eigenvalue weighted by molar-refractivity contribution is -0.151. The number of aldehydes is 1. The van der Waals surface area contributed by atoms with Gasteiger partial charge in [-0.3, -0.25) is 9.59 Å². The first-order chi connectivity index (χ1) is 7.76. The average Bonchev–Trinajstić information content (AvgIpc) is 2.30. The molecule has 0 heterocycles. The first-order valence-electron chi connectivity index (χ1n) is 4.59. The van der Waals surface area contributed by atoms with Gasteiger partial charge in [0.25, 0.3) is 0 Å². The van der Waals surface area contributed by atoms with Crippen LogP contribution in [0.2, 0.25) is 0 Å². The van der Waals surface area contributed by atoms with Gasteiger partial charge in [-0.1, -0.05) is 17.7 Å². The molecule has 0 aliphatic carbocycles. The number of hydrazine groups is 1. The number of ether oxygens (including phenoxy) is 1. The Bertz CT molecular complexity index is 368. The quantitative estimate of drug-likeness (QED) is 0.407. The Morgan fingerprint density at radius 3 is 3.00 bits per heavy atom. The molecule has 0 fully saturated rings. The molecule has 1 aromatic rings. The molecule has 6 heteroatoms. The van der Waals surface area contributed by atoms with Gasteiger partial charge < -0.3 is 9.57 Å². The van der Waals surface area contributed by atoms with E-state index in [2.05, 4.69) is 4.84 Å². The number of rotatable bonds is 6. The summed E-state index contributed by atoms with van der Waals surface area (Å²) in [6.07, 6.45) is 0.787. The molecule has 0 radical (unpaired) electrons. The zero-order chi connectivity index (χ0) is 11.8. The minimum atomic E-state index is -0.519. The van der Waals surface area contributed by atoms with Gasteiger partial charge in [-0.25, -0.2) is 5.84 Å². The number of carbonyl (C=O) groups is 2. The van der Waals surface area contributed by atoms with E-state index >= 15 is 0 Å². The van der Waals surface area contributed by atoms with Crippen molar-refractivity contribution in [1.29, 1.82) is 0 Å². The number of carbonyl (C=O) groups excluding carboxylic acids is 2. The van der Waals surface area contributed by atoms with Crippen LogP contribution in [0, 0.1) is 0 Å². The van der Waals surface area contributed by atoms with Crippen molar-refractivity contribution in [1.82, 2.24) is 5.59 Å². The molecule has 6 nitrogen and oxygen atoms in total. The first-order valence-corrected chi connectivity index (χ1v) is 4.59. The smallest absolute Gasteiger partial charge is 0.329 e. The third-order valence-electron chi connectivity index (χ3n) is 1.74. The largest absolute Gasteiger partial charge is 0.493 e. The normalized spacial score (nSPS) is 9.56. The highest BCUT2D eigenvalue weighted by Gasteiger charge is 2.02. The maximum Gasteiger partial charge on any atom is 0.329 e. The minimum absolute atomic E-state index is 0.0650. The Morgan fingerprint density at radius 1 is 1.50 bits per heavy atom. The van der Waals surface area contributed by atoms with Gasteiger partial charge in [-0.05, 0) is 12.1 Å². The molecule has 1 rings (SSSR count). The number of nitrogens with one attached hydrogen (secondary N) is 1. The second-order valence-electron chi connectivity index (χ2n) is 2.88. The fraction of sp³-hybridized carbons (Fsp3) is 0.200. The highest BCUT2D eigenvalue weighted by atomic mass is 16.7. The number of hydrogen-bond acceptors (Lipinski definition) is 6. The molecule has 0 unspecified atom stereocenters. The van der Waals surface area contributed by atoms with Crippen LogP contribution < -0.4 is 16.2 Å². The standard InChI is InChI=1S/C10H12N2O4/c11-12-16-10(14)4-5-15-9-3-1-2-8(6-9)7-13/h1-3,6-7,12H,4-5,11H2. The van der Waals surface area contributed by atoms with Crippen molar-refractivity contribution < 1.29 is 19.2 Å². The summed E-state index contributed by atoms with van der Waals surface area (Å²) in [5.41, 5.74) is 2.30. The van der Waals surface area contributed by atoms with Crippen LogP contribution in [0.25, 0.3) is 0 Å². The summed E-state index contributed by atoms with van der Waals surface area (Å²) >= 11 is 0. The van der Waals surface area contributed by atoms with Crippen LogP contribution in [0.5, 0.6) is 5.75 Å². The Hall–Kier alpha value is -1.92. The van der Waals surface area contributed by atoms with Crippen LogP contribution in [0.15, 0.2) is 24.3 Å². The Morgan fingerprint density at radius 2 is 2.31 bits per heavy atom. The second-order valence-corrected chi connectivity index (χ2v) is 2.88. The lowest BCUT2D eigenvalue weighted by atomic mass is 10.2. The summed E-state index contributed by atoms with van der Waals surface area (Å²) in [5, 5.41) is 0. The molecule has 3 N–H and O–H groups in total. The molecule has 1 aromatic carbocycles. The summed E-state index contributed by atoms with van der Waals surface area (Å²) in [4.78, 5) is 25.6. The highest BCUT2D eigenvalue weighted by molar-refractivity contribution is 5.75. The van der Waals surface area contributed by atoms with Gasteiger partial charge in [0.15, 0.2) is 0 Å². The highest BCUT2D eigenvalue weighted by Crippen LogP contribution is 2.11. The molecule has 0 spiro atoms. The Labute approximate surface area is 92.3 Å². The molecule has 0 saturated heterocycles. The lowest BCUT2D eigenvalue weighted by Crippen LogP contribution is -2.26. The number of hydrogen-bond donors (Lipinski definition) is 2. The summed E-state index contributed by atoms with van der Waals surface area (Å²) in [7, 11) is 0. The van der Waals surface area contributed by atoms with Crippen molar-refractivity contribution in [2.24, 2.45) is 5.84 Å². The SMILES string of the molecule is NNOC(=O)CCOc1cccc(C=O)c1. The van der Waals surface area contributed by atoms with Crippen LogP contribution in [-0.4, -0.2) is 18.9 Å². The van der Waals surface area contributed by atoms with Crippen molar-refractivity contribution in [3.63, 3.8) is 0 Å². The van der Waals surface area contributed by atoms with E-state index in [1.165, 1.54) is 0 Å². The number of nitrogens with two attached hydrogens (primary N) is 1. The van der Waals surface area contributed by atoms with E-state index in [1.54, 1.807) is 29.9 Å². The Kier molecular flexibility index (Phi) is 4.97. The van der Waals surface area contributed by atoms with Gasteiger partial charge in [-0.15, -0.1) is 0 Å². The van der Waals surface area contributed by atoms with Crippen molar-refractivity contribution in [3.8, 4) is 5.75 Å². The molecule has 0 saturated carbocycles. The van der Waals surface area contributed by atoms with E-state index < -0.39 is 5.97 Å². The van der Waals surface area contributed by atoms with Crippen LogP contribution in [0.4, 0.5) is 0 Å². The molecule has 16 heavy (non-hydrogen) atoms. The molecule has 0 aliphatic rings. The topological polar surface area (TPSA) is 90.7 Å². The monoisotopic (exact) mass is 224 g/mol. The fourth-order valence-corrected chi connectivity index (χ4v) is 1.05. The third-order valence-corrected chi connectivity index (χ3v) is 1.74. The molecule has 0 atom stereocenters. The summed E-state index contributed by atoms with van der Waals surface area (Å²) in [6.45, 7) is 0.156. The maximum atomic E-state index is 10.9. The fourth-order valence-electron chi connectivity index (χ4n) is 1.05. The van der Waals surface area contributed by atoms with Crippen molar-refractivity contribution >= 4 is 12.3 Å². The van der Waals surface area contributed by atoms with E-state index in [0.717, 1.165) is 6.29 Å². The van der Waals surface area contributed by atoms with Gasteiger partial charge in [-0.2, -0.15) is 0 Å². The van der Waals surface area contributed by atoms with Gasteiger partial charge in [0, 0.05) is 5.56 Å². The van der Waals surface area contributed by atoms with Crippen LogP contribution in [0.3, 0.4) is 0 Å². The Balaban J connectivity index is 2.36. The van der Waals surface area contributed by atoms with Gasteiger partial charge in [0.05, 0.1) is 13.0 Å². The predicted molar refractivity (Wildman–Crippen MR) is 55.4 cm³/mol. The maximum absolute atomic E-state index is 10.9. The molecule has 0 aliphatic heterocycles. The van der Waals surface area contributed by atoms with E-state index in [9.17, 15) is 9.59 Å². The predicted octanol–water partition coefficient (Wildman–Crippen LogP) is 0.189. The van der Waals surface area contributed by atoms with Crippen molar-refractivity contribution in [2.45, 2.75) is 6.42 Å². The average molecular weight is 224 g/mol. The summed E-state index contributed by atoms with van der Waals surface area (Å²) in [6, 6.07) is 6.63. The molecule has 86 valence electrons. The zero-order valence-corrected chi connectivity index (χ0v) is 8.51. The second kappa shape index (κ2) is 6.54.